The molecule has 1 atom stereocenters. The summed E-state index contributed by atoms with van der Waals surface area (Å²) >= 11 is 0. The number of rotatable bonds is 4. The summed E-state index contributed by atoms with van der Waals surface area (Å²) in [6.45, 7) is 6.54. The molecule has 1 unspecified atom stereocenters. The fraction of sp³-hybridized carbons (Fsp3) is 0.462. The maximum absolute atomic E-state index is 5.63. The average molecular weight is 234 g/mol. The van der Waals surface area contributed by atoms with Crippen molar-refractivity contribution in [1.82, 2.24) is 4.98 Å². The van der Waals surface area contributed by atoms with Gasteiger partial charge in [0.2, 0.25) is 0 Å². The van der Waals surface area contributed by atoms with Gasteiger partial charge in [0.05, 0.1) is 0 Å². The van der Waals surface area contributed by atoms with Crippen LogP contribution in [0.4, 0.5) is 0 Å². The Labute approximate surface area is 101 Å². The first-order chi connectivity index (χ1) is 8.10. The molecule has 0 aliphatic carbocycles. The minimum atomic E-state index is 0.00363. The second kappa shape index (κ2) is 4.75. The van der Waals surface area contributed by atoms with Gasteiger partial charge in [-0.25, -0.2) is 4.98 Å². The zero-order valence-electron chi connectivity index (χ0n) is 10.4. The molecule has 2 rings (SSSR count). The van der Waals surface area contributed by atoms with E-state index in [1.807, 2.05) is 25.1 Å². The van der Waals surface area contributed by atoms with Crippen molar-refractivity contribution in [3.05, 3.63) is 24.1 Å². The predicted molar refractivity (Wildman–Crippen MR) is 67.2 cm³/mol. The van der Waals surface area contributed by atoms with E-state index in [0.717, 1.165) is 22.7 Å². The van der Waals surface area contributed by atoms with Gasteiger partial charge in [0.25, 0.3) is 0 Å². The van der Waals surface area contributed by atoms with Crippen LogP contribution in [0.3, 0.4) is 0 Å². The highest BCUT2D eigenvalue weighted by Gasteiger charge is 2.10. The van der Waals surface area contributed by atoms with Crippen LogP contribution in [-0.4, -0.2) is 17.6 Å². The highest BCUT2D eigenvalue weighted by atomic mass is 16.5. The maximum atomic E-state index is 5.63. The molecule has 1 heterocycles. The molecule has 4 nitrogen and oxygen atoms in total. The summed E-state index contributed by atoms with van der Waals surface area (Å²) in [4.78, 5) is 4.43. The van der Waals surface area contributed by atoms with E-state index in [1.54, 1.807) is 0 Å². The quantitative estimate of drug-likeness (QED) is 0.883. The van der Waals surface area contributed by atoms with E-state index in [0.29, 0.717) is 6.54 Å². The van der Waals surface area contributed by atoms with E-state index in [4.69, 9.17) is 14.9 Å². The normalized spacial score (nSPS) is 13.2. The lowest BCUT2D eigenvalue weighted by molar-refractivity contribution is 0.230. The Kier molecular flexibility index (Phi) is 3.33. The number of oxazole rings is 1. The van der Waals surface area contributed by atoms with E-state index in [-0.39, 0.29) is 12.0 Å². The number of nitrogens with two attached hydrogens (primary N) is 1. The van der Waals surface area contributed by atoms with Crippen molar-refractivity contribution in [3.63, 3.8) is 0 Å². The van der Waals surface area contributed by atoms with Crippen LogP contribution in [0.25, 0.3) is 11.1 Å². The van der Waals surface area contributed by atoms with Crippen molar-refractivity contribution in [2.75, 3.05) is 6.54 Å². The Bertz CT molecular complexity index is 505. The summed E-state index contributed by atoms with van der Waals surface area (Å²) in [7, 11) is 0. The zero-order valence-corrected chi connectivity index (χ0v) is 10.4. The molecule has 2 aromatic rings. The average Bonchev–Trinajstić information content (AvgIpc) is 2.72. The fourth-order valence-electron chi connectivity index (χ4n) is 1.53. The summed E-state index contributed by atoms with van der Waals surface area (Å²) in [6, 6.07) is 5.65. The van der Waals surface area contributed by atoms with Crippen molar-refractivity contribution >= 4 is 11.1 Å². The molecule has 0 aliphatic heterocycles. The lowest BCUT2D eigenvalue weighted by atomic mass is 10.2. The highest BCUT2D eigenvalue weighted by Crippen LogP contribution is 2.25. The summed E-state index contributed by atoms with van der Waals surface area (Å²) in [6.07, 6.45) is 0.00363. The van der Waals surface area contributed by atoms with Crippen LogP contribution in [0.5, 0.6) is 5.75 Å². The predicted octanol–water partition coefficient (Wildman–Crippen LogP) is 2.68. The summed E-state index contributed by atoms with van der Waals surface area (Å²) < 4.78 is 11.3. The number of benzene rings is 1. The molecular weight excluding hydrogens is 216 g/mol. The molecule has 1 aromatic carbocycles. The van der Waals surface area contributed by atoms with E-state index < -0.39 is 0 Å². The molecule has 0 fully saturated rings. The van der Waals surface area contributed by atoms with Gasteiger partial charge in [-0.1, -0.05) is 13.8 Å². The topological polar surface area (TPSA) is 61.3 Å². The SMILES string of the molecule is CC(CN)Oc1ccc2oc(C(C)C)nc2c1. The molecule has 0 saturated heterocycles. The third-order valence-electron chi connectivity index (χ3n) is 2.54. The molecule has 92 valence electrons. The fourth-order valence-corrected chi connectivity index (χ4v) is 1.53. The minimum absolute atomic E-state index is 0.00363. The number of hydrogen-bond acceptors (Lipinski definition) is 4. The number of aromatic nitrogens is 1. The number of ether oxygens (including phenoxy) is 1. The van der Waals surface area contributed by atoms with Gasteiger partial charge in [-0.3, -0.25) is 0 Å². The lowest BCUT2D eigenvalue weighted by Crippen LogP contribution is -2.22. The molecule has 0 saturated carbocycles. The molecule has 0 radical (unpaired) electrons. The second-order valence-electron chi connectivity index (χ2n) is 4.50. The van der Waals surface area contributed by atoms with Gasteiger partial charge in [-0.15, -0.1) is 0 Å². The number of nitrogens with zero attached hydrogens (tertiary/aromatic N) is 1. The summed E-state index contributed by atoms with van der Waals surface area (Å²) in [5.41, 5.74) is 7.14. The Balaban J connectivity index is 2.30. The van der Waals surface area contributed by atoms with Gasteiger partial charge >= 0.3 is 0 Å². The number of fused-ring (bicyclic) bond motifs is 1. The van der Waals surface area contributed by atoms with E-state index in [1.165, 1.54) is 0 Å². The van der Waals surface area contributed by atoms with Crippen molar-refractivity contribution in [1.29, 1.82) is 0 Å². The lowest BCUT2D eigenvalue weighted by Gasteiger charge is -2.11. The van der Waals surface area contributed by atoms with Crippen LogP contribution in [0.1, 0.15) is 32.6 Å². The highest BCUT2D eigenvalue weighted by molar-refractivity contribution is 5.74. The van der Waals surface area contributed by atoms with Crippen LogP contribution in [0, 0.1) is 0 Å². The van der Waals surface area contributed by atoms with Crippen LogP contribution in [0.2, 0.25) is 0 Å². The zero-order chi connectivity index (χ0) is 12.4. The van der Waals surface area contributed by atoms with E-state index in [9.17, 15) is 0 Å². The third kappa shape index (κ3) is 2.58. The van der Waals surface area contributed by atoms with Crippen LogP contribution >= 0.6 is 0 Å². The van der Waals surface area contributed by atoms with Crippen LogP contribution in [-0.2, 0) is 0 Å². The van der Waals surface area contributed by atoms with Gasteiger partial charge in [0.15, 0.2) is 11.5 Å². The molecule has 0 aliphatic rings. The maximum Gasteiger partial charge on any atom is 0.198 e. The molecule has 17 heavy (non-hydrogen) atoms. The summed E-state index contributed by atoms with van der Waals surface area (Å²) in [5.74, 6) is 1.82. The first kappa shape index (κ1) is 11.9. The van der Waals surface area contributed by atoms with Crippen molar-refractivity contribution in [3.8, 4) is 5.75 Å². The first-order valence-electron chi connectivity index (χ1n) is 5.87. The molecule has 2 N–H and O–H groups in total. The first-order valence-corrected chi connectivity index (χ1v) is 5.87. The Morgan fingerprint density at radius 1 is 1.35 bits per heavy atom. The van der Waals surface area contributed by atoms with E-state index in [2.05, 4.69) is 18.8 Å². The molecular formula is C13H18N2O2. The molecule has 0 bridgehead atoms. The second-order valence-corrected chi connectivity index (χ2v) is 4.50. The molecule has 0 amide bonds. The third-order valence-corrected chi connectivity index (χ3v) is 2.54. The van der Waals surface area contributed by atoms with E-state index >= 15 is 0 Å². The van der Waals surface area contributed by atoms with Gasteiger partial charge in [0.1, 0.15) is 17.4 Å². The number of hydrogen-bond donors (Lipinski definition) is 1. The van der Waals surface area contributed by atoms with Gasteiger partial charge in [-0.05, 0) is 19.1 Å². The van der Waals surface area contributed by atoms with Crippen LogP contribution in [0.15, 0.2) is 22.6 Å². The molecule has 1 aromatic heterocycles. The summed E-state index contributed by atoms with van der Waals surface area (Å²) in [5, 5.41) is 0. The smallest absolute Gasteiger partial charge is 0.198 e. The molecule has 4 heteroatoms. The molecule has 0 spiro atoms. The monoisotopic (exact) mass is 234 g/mol. The van der Waals surface area contributed by atoms with Crippen molar-refractivity contribution in [2.24, 2.45) is 5.73 Å². The Hall–Kier alpha value is -1.55. The minimum Gasteiger partial charge on any atom is -0.489 e. The Morgan fingerprint density at radius 2 is 2.12 bits per heavy atom. The van der Waals surface area contributed by atoms with Gasteiger partial charge in [-0.2, -0.15) is 0 Å². The largest absolute Gasteiger partial charge is 0.489 e. The van der Waals surface area contributed by atoms with Gasteiger partial charge in [0, 0.05) is 18.5 Å². The standard InChI is InChI=1S/C13H18N2O2/c1-8(2)13-15-11-6-10(16-9(3)7-14)4-5-12(11)17-13/h4-6,8-9H,7,14H2,1-3H3. The van der Waals surface area contributed by atoms with Crippen LogP contribution < -0.4 is 10.5 Å². The van der Waals surface area contributed by atoms with Crippen molar-refractivity contribution in [2.45, 2.75) is 32.8 Å². The van der Waals surface area contributed by atoms with Crippen molar-refractivity contribution < 1.29 is 9.15 Å². The Morgan fingerprint density at radius 3 is 2.76 bits per heavy atom. The van der Waals surface area contributed by atoms with Gasteiger partial charge < -0.3 is 14.9 Å².